The Bertz CT molecular complexity index is 1060. The van der Waals surface area contributed by atoms with E-state index in [1.54, 1.807) is 18.4 Å². The van der Waals surface area contributed by atoms with E-state index in [1.807, 2.05) is 12.1 Å². The van der Waals surface area contributed by atoms with Crippen molar-refractivity contribution in [3.05, 3.63) is 40.5 Å². The van der Waals surface area contributed by atoms with Gasteiger partial charge in [-0.05, 0) is 43.7 Å². The zero-order valence-electron chi connectivity index (χ0n) is 17.8. The van der Waals surface area contributed by atoms with E-state index < -0.39 is 0 Å². The third-order valence-electron chi connectivity index (χ3n) is 5.60. The number of hydrogen-bond acceptors (Lipinski definition) is 8. The smallest absolute Gasteiger partial charge is 0.313 e. The van der Waals surface area contributed by atoms with Crippen LogP contribution >= 0.6 is 11.3 Å². The van der Waals surface area contributed by atoms with Gasteiger partial charge in [0.05, 0.1) is 19.6 Å². The Morgan fingerprint density at radius 3 is 2.33 bits per heavy atom. The van der Waals surface area contributed by atoms with Gasteiger partial charge in [0.2, 0.25) is 0 Å². The lowest BCUT2D eigenvalue weighted by molar-refractivity contribution is -0.139. The van der Waals surface area contributed by atoms with Crippen molar-refractivity contribution in [2.75, 3.05) is 50.2 Å². The number of ether oxygens (including phenoxy) is 2. The fourth-order valence-electron chi connectivity index (χ4n) is 3.75. The molecule has 2 aromatic heterocycles. The molecule has 7 nitrogen and oxygen atoms in total. The van der Waals surface area contributed by atoms with Crippen LogP contribution in [0.1, 0.15) is 16.3 Å². The number of aryl methyl sites for hydroxylation is 2. The van der Waals surface area contributed by atoms with E-state index in [-0.39, 0.29) is 12.4 Å². The topological polar surface area (TPSA) is 67.8 Å². The molecule has 3 aromatic rings. The number of fused-ring (bicyclic) bond motifs is 1. The SMILES string of the molecule is COC(=O)Cc1nc(N2CCN(c3ccc(OC)cc3)CC2)c2c(C)c(C)sc2n1. The van der Waals surface area contributed by atoms with Crippen molar-refractivity contribution in [2.45, 2.75) is 20.3 Å². The molecule has 0 radical (unpaired) electrons. The number of hydrogen-bond donors (Lipinski definition) is 0. The molecule has 0 saturated carbocycles. The second-order valence-corrected chi connectivity index (χ2v) is 8.56. The van der Waals surface area contributed by atoms with E-state index in [0.717, 1.165) is 48.0 Å². The Morgan fingerprint density at radius 2 is 1.70 bits per heavy atom. The molecule has 0 spiro atoms. The fraction of sp³-hybridized carbons (Fsp3) is 0.409. The van der Waals surface area contributed by atoms with Gasteiger partial charge in [0, 0.05) is 36.7 Å². The highest BCUT2D eigenvalue weighted by Crippen LogP contribution is 2.35. The minimum Gasteiger partial charge on any atom is -0.497 e. The van der Waals surface area contributed by atoms with Crippen LogP contribution in [-0.2, 0) is 16.0 Å². The number of nitrogens with zero attached hydrogens (tertiary/aromatic N) is 4. The van der Waals surface area contributed by atoms with Crippen LogP contribution in [-0.4, -0.2) is 56.3 Å². The Labute approximate surface area is 180 Å². The number of aromatic nitrogens is 2. The summed E-state index contributed by atoms with van der Waals surface area (Å²) in [4.78, 5) is 28.1. The first kappa shape index (κ1) is 20.4. The molecule has 0 atom stereocenters. The number of thiophene rings is 1. The second kappa shape index (κ2) is 8.47. The molecule has 158 valence electrons. The predicted molar refractivity (Wildman–Crippen MR) is 120 cm³/mol. The van der Waals surface area contributed by atoms with Crippen LogP contribution in [0.25, 0.3) is 10.2 Å². The Morgan fingerprint density at radius 1 is 1.03 bits per heavy atom. The number of benzene rings is 1. The van der Waals surface area contributed by atoms with Crippen LogP contribution in [0.2, 0.25) is 0 Å². The summed E-state index contributed by atoms with van der Waals surface area (Å²) in [5, 5.41) is 1.10. The third kappa shape index (κ3) is 3.92. The zero-order valence-corrected chi connectivity index (χ0v) is 18.6. The minimum absolute atomic E-state index is 0.0846. The Kier molecular flexibility index (Phi) is 5.76. The van der Waals surface area contributed by atoms with Crippen molar-refractivity contribution in [1.29, 1.82) is 0 Å². The zero-order chi connectivity index (χ0) is 21.3. The van der Waals surface area contributed by atoms with Gasteiger partial charge in [-0.15, -0.1) is 11.3 Å². The summed E-state index contributed by atoms with van der Waals surface area (Å²) < 4.78 is 10.1. The van der Waals surface area contributed by atoms with E-state index in [9.17, 15) is 4.79 Å². The Balaban J connectivity index is 1.60. The number of esters is 1. The van der Waals surface area contributed by atoms with Crippen LogP contribution in [0.3, 0.4) is 0 Å². The largest absolute Gasteiger partial charge is 0.497 e. The second-order valence-electron chi connectivity index (χ2n) is 7.35. The molecule has 0 N–H and O–H groups in total. The lowest BCUT2D eigenvalue weighted by atomic mass is 10.1. The first-order chi connectivity index (χ1) is 14.5. The maximum absolute atomic E-state index is 11.8. The molecule has 1 saturated heterocycles. The molecule has 1 aliphatic rings. The first-order valence-electron chi connectivity index (χ1n) is 9.97. The quantitative estimate of drug-likeness (QED) is 0.580. The molecule has 1 aliphatic heterocycles. The predicted octanol–water partition coefficient (Wildman–Crippen LogP) is 3.36. The van der Waals surface area contributed by atoms with Crippen LogP contribution < -0.4 is 14.5 Å². The highest BCUT2D eigenvalue weighted by molar-refractivity contribution is 7.18. The monoisotopic (exact) mass is 426 g/mol. The average molecular weight is 427 g/mol. The van der Waals surface area contributed by atoms with E-state index in [2.05, 4.69) is 40.8 Å². The number of piperazine rings is 1. The highest BCUT2D eigenvalue weighted by Gasteiger charge is 2.24. The summed E-state index contributed by atoms with van der Waals surface area (Å²) in [7, 11) is 3.07. The van der Waals surface area contributed by atoms with Gasteiger partial charge in [0.25, 0.3) is 0 Å². The van der Waals surface area contributed by atoms with Gasteiger partial charge in [-0.1, -0.05) is 0 Å². The first-order valence-corrected chi connectivity index (χ1v) is 10.8. The van der Waals surface area contributed by atoms with E-state index in [1.165, 1.54) is 23.2 Å². The number of anilines is 2. The molecule has 1 fully saturated rings. The standard InChI is InChI=1S/C22H26N4O3S/c1-14-15(2)30-22-20(14)21(23-18(24-22)13-19(27)29-4)26-11-9-25(10-12-26)16-5-7-17(28-3)8-6-16/h5-8H,9-13H2,1-4H3. The molecule has 0 bridgehead atoms. The molecule has 1 aromatic carbocycles. The van der Waals surface area contributed by atoms with Crippen LogP contribution in [0, 0.1) is 13.8 Å². The summed E-state index contributed by atoms with van der Waals surface area (Å²) in [6, 6.07) is 8.18. The van der Waals surface area contributed by atoms with Gasteiger partial charge in [-0.2, -0.15) is 0 Å². The molecule has 0 unspecified atom stereocenters. The molecule has 0 amide bonds. The van der Waals surface area contributed by atoms with Gasteiger partial charge >= 0.3 is 5.97 Å². The number of carbonyl (C=O) groups is 1. The lowest BCUT2D eigenvalue weighted by Crippen LogP contribution is -2.47. The minimum atomic E-state index is -0.324. The van der Waals surface area contributed by atoms with Crippen molar-refractivity contribution >= 4 is 39.0 Å². The van der Waals surface area contributed by atoms with Crippen LogP contribution in [0.15, 0.2) is 24.3 Å². The van der Waals surface area contributed by atoms with E-state index in [0.29, 0.717) is 5.82 Å². The molecule has 4 rings (SSSR count). The molecule has 0 aliphatic carbocycles. The highest BCUT2D eigenvalue weighted by atomic mass is 32.1. The van der Waals surface area contributed by atoms with E-state index in [4.69, 9.17) is 14.5 Å². The van der Waals surface area contributed by atoms with Crippen LogP contribution in [0.4, 0.5) is 11.5 Å². The van der Waals surface area contributed by atoms with Gasteiger partial charge in [-0.3, -0.25) is 4.79 Å². The molecule has 30 heavy (non-hydrogen) atoms. The summed E-state index contributed by atoms with van der Waals surface area (Å²) in [5.41, 5.74) is 2.41. The van der Waals surface area contributed by atoms with Crippen LogP contribution in [0.5, 0.6) is 5.75 Å². The van der Waals surface area contributed by atoms with Crippen molar-refractivity contribution in [3.63, 3.8) is 0 Å². The molecular weight excluding hydrogens is 400 g/mol. The third-order valence-corrected chi connectivity index (χ3v) is 6.70. The number of methoxy groups -OCH3 is 2. The molecular formula is C22H26N4O3S. The summed E-state index contributed by atoms with van der Waals surface area (Å²) in [5.74, 6) is 1.98. The summed E-state index contributed by atoms with van der Waals surface area (Å²) >= 11 is 1.65. The fourth-order valence-corrected chi connectivity index (χ4v) is 4.79. The normalized spacial score (nSPS) is 14.3. The number of rotatable bonds is 5. The maximum atomic E-state index is 11.8. The molecule has 3 heterocycles. The van der Waals surface area contributed by atoms with Gasteiger partial charge in [0.15, 0.2) is 0 Å². The lowest BCUT2D eigenvalue weighted by Gasteiger charge is -2.37. The average Bonchev–Trinajstić information content (AvgIpc) is 3.06. The maximum Gasteiger partial charge on any atom is 0.313 e. The van der Waals surface area contributed by atoms with Crippen molar-refractivity contribution < 1.29 is 14.3 Å². The Hall–Kier alpha value is -2.87. The van der Waals surface area contributed by atoms with Crippen molar-refractivity contribution in [3.8, 4) is 5.75 Å². The van der Waals surface area contributed by atoms with Gasteiger partial charge in [0.1, 0.15) is 28.6 Å². The summed E-state index contributed by atoms with van der Waals surface area (Å²) in [6.45, 7) is 7.72. The molecule has 8 heteroatoms. The van der Waals surface area contributed by atoms with Gasteiger partial charge in [-0.25, -0.2) is 9.97 Å². The number of carbonyl (C=O) groups excluding carboxylic acids is 1. The van der Waals surface area contributed by atoms with Crippen molar-refractivity contribution in [2.24, 2.45) is 0 Å². The van der Waals surface area contributed by atoms with Gasteiger partial charge < -0.3 is 19.3 Å². The van der Waals surface area contributed by atoms with Crippen molar-refractivity contribution in [1.82, 2.24) is 9.97 Å². The summed E-state index contributed by atoms with van der Waals surface area (Å²) in [6.07, 6.45) is 0.0846. The van der Waals surface area contributed by atoms with E-state index >= 15 is 0 Å².